The van der Waals surface area contributed by atoms with Gasteiger partial charge in [-0.2, -0.15) is 0 Å². The Morgan fingerprint density at radius 1 is 1.22 bits per heavy atom. The predicted molar refractivity (Wildman–Crippen MR) is 72.1 cm³/mol. The molecule has 2 rings (SSSR count). The molecule has 0 aliphatic carbocycles. The SMILES string of the molecule is CC(CC(=O)O)S(=O)c1ccc2ccccc2c1. The average molecular weight is 262 g/mol. The number of rotatable bonds is 4. The van der Waals surface area contributed by atoms with E-state index in [-0.39, 0.29) is 11.7 Å². The summed E-state index contributed by atoms with van der Waals surface area (Å²) in [6.45, 7) is 1.69. The van der Waals surface area contributed by atoms with E-state index >= 15 is 0 Å². The second-order valence-corrected chi connectivity index (χ2v) is 6.09. The highest BCUT2D eigenvalue weighted by molar-refractivity contribution is 7.85. The van der Waals surface area contributed by atoms with Gasteiger partial charge >= 0.3 is 5.97 Å². The molecule has 0 aromatic heterocycles. The zero-order valence-electron chi connectivity index (χ0n) is 10.00. The van der Waals surface area contributed by atoms with Crippen LogP contribution < -0.4 is 0 Å². The fraction of sp³-hybridized carbons (Fsp3) is 0.214. The van der Waals surface area contributed by atoms with Crippen LogP contribution in [0.4, 0.5) is 0 Å². The van der Waals surface area contributed by atoms with Crippen LogP contribution in [0.1, 0.15) is 13.3 Å². The summed E-state index contributed by atoms with van der Waals surface area (Å²) in [6.07, 6.45) is -0.0839. The number of hydrogen-bond acceptors (Lipinski definition) is 2. The Labute approximate surface area is 108 Å². The van der Waals surface area contributed by atoms with Crippen LogP contribution in [0.3, 0.4) is 0 Å². The van der Waals surface area contributed by atoms with E-state index in [1.165, 1.54) is 0 Å². The van der Waals surface area contributed by atoms with Crippen molar-refractivity contribution < 1.29 is 14.1 Å². The van der Waals surface area contributed by atoms with Gasteiger partial charge in [0.2, 0.25) is 0 Å². The second kappa shape index (κ2) is 5.31. The van der Waals surface area contributed by atoms with E-state index in [1.807, 2.05) is 36.4 Å². The minimum Gasteiger partial charge on any atom is -0.481 e. The summed E-state index contributed by atoms with van der Waals surface area (Å²) in [4.78, 5) is 11.3. The molecule has 94 valence electrons. The predicted octanol–water partition coefficient (Wildman–Crippen LogP) is 2.81. The molecule has 2 aromatic carbocycles. The molecule has 0 radical (unpaired) electrons. The number of aliphatic carboxylic acids is 1. The zero-order valence-corrected chi connectivity index (χ0v) is 10.8. The molecule has 0 aliphatic rings. The molecule has 4 heteroatoms. The van der Waals surface area contributed by atoms with Crippen LogP contribution in [-0.2, 0) is 15.6 Å². The lowest BCUT2D eigenvalue weighted by Crippen LogP contribution is -2.15. The molecule has 0 spiro atoms. The Balaban J connectivity index is 2.30. The highest BCUT2D eigenvalue weighted by Crippen LogP contribution is 2.20. The molecule has 0 saturated carbocycles. The molecule has 0 fully saturated rings. The van der Waals surface area contributed by atoms with E-state index in [4.69, 9.17) is 5.11 Å². The minimum absolute atomic E-state index is 0.0839. The third-order valence-corrected chi connectivity index (χ3v) is 4.40. The topological polar surface area (TPSA) is 54.4 Å². The van der Waals surface area contributed by atoms with E-state index < -0.39 is 16.8 Å². The Hall–Kier alpha value is -1.68. The van der Waals surface area contributed by atoms with Crippen molar-refractivity contribution in [2.45, 2.75) is 23.5 Å². The Morgan fingerprint density at radius 3 is 2.56 bits per heavy atom. The summed E-state index contributed by atoms with van der Waals surface area (Å²) in [5.74, 6) is -0.920. The number of carboxylic acid groups (broad SMARTS) is 1. The highest BCUT2D eigenvalue weighted by atomic mass is 32.2. The quantitative estimate of drug-likeness (QED) is 0.921. The monoisotopic (exact) mass is 262 g/mol. The van der Waals surface area contributed by atoms with Gasteiger partial charge in [-0.25, -0.2) is 0 Å². The van der Waals surface area contributed by atoms with E-state index in [0.29, 0.717) is 4.90 Å². The molecule has 2 atom stereocenters. The average Bonchev–Trinajstić information content (AvgIpc) is 2.36. The largest absolute Gasteiger partial charge is 0.481 e. The summed E-state index contributed by atoms with van der Waals surface area (Å²) in [5, 5.41) is 10.4. The molecule has 1 N–H and O–H groups in total. The molecule has 0 bridgehead atoms. The van der Waals surface area contributed by atoms with Gasteiger partial charge in [0.15, 0.2) is 0 Å². The molecular formula is C14H14O3S. The van der Waals surface area contributed by atoms with Crippen LogP contribution in [0.25, 0.3) is 10.8 Å². The molecule has 0 saturated heterocycles. The van der Waals surface area contributed by atoms with Gasteiger partial charge in [-0.05, 0) is 29.8 Å². The molecule has 0 heterocycles. The summed E-state index contributed by atoms with van der Waals surface area (Å²) in [7, 11) is -1.29. The van der Waals surface area contributed by atoms with Crippen molar-refractivity contribution in [2.75, 3.05) is 0 Å². The first-order valence-corrected chi connectivity index (χ1v) is 6.90. The first-order valence-electron chi connectivity index (χ1n) is 5.69. The van der Waals surface area contributed by atoms with Gasteiger partial charge in [-0.15, -0.1) is 0 Å². The maximum Gasteiger partial charge on any atom is 0.304 e. The van der Waals surface area contributed by atoms with Gasteiger partial charge in [0.05, 0.1) is 17.2 Å². The van der Waals surface area contributed by atoms with Crippen LogP contribution in [-0.4, -0.2) is 20.5 Å². The summed E-state index contributed by atoms with van der Waals surface area (Å²) >= 11 is 0. The molecule has 2 unspecified atom stereocenters. The first-order chi connectivity index (χ1) is 8.58. The van der Waals surface area contributed by atoms with Crippen LogP contribution in [0.2, 0.25) is 0 Å². The lowest BCUT2D eigenvalue weighted by atomic mass is 10.1. The number of benzene rings is 2. The van der Waals surface area contributed by atoms with Crippen LogP contribution in [0, 0.1) is 0 Å². The molecule has 3 nitrogen and oxygen atoms in total. The highest BCUT2D eigenvalue weighted by Gasteiger charge is 2.16. The second-order valence-electron chi connectivity index (χ2n) is 4.21. The first kappa shape index (κ1) is 12.8. The standard InChI is InChI=1S/C14H14O3S/c1-10(8-14(15)16)18(17)13-7-6-11-4-2-3-5-12(11)9-13/h2-7,9-10H,8H2,1H3,(H,15,16). The van der Waals surface area contributed by atoms with E-state index in [9.17, 15) is 9.00 Å². The van der Waals surface area contributed by atoms with Crippen molar-refractivity contribution in [2.24, 2.45) is 0 Å². The van der Waals surface area contributed by atoms with E-state index in [2.05, 4.69) is 0 Å². The Kier molecular flexibility index (Phi) is 3.77. The molecule has 0 amide bonds. The van der Waals surface area contributed by atoms with Gasteiger partial charge < -0.3 is 5.11 Å². The number of fused-ring (bicyclic) bond motifs is 1. The van der Waals surface area contributed by atoms with Gasteiger partial charge in [0.1, 0.15) is 0 Å². The summed E-state index contributed by atoms with van der Waals surface area (Å²) in [5.41, 5.74) is 0. The van der Waals surface area contributed by atoms with Crippen molar-refractivity contribution in [1.29, 1.82) is 0 Å². The normalized spacial score (nSPS) is 14.3. The maximum absolute atomic E-state index is 12.2. The number of hydrogen-bond donors (Lipinski definition) is 1. The van der Waals surface area contributed by atoms with Crippen LogP contribution in [0.5, 0.6) is 0 Å². The van der Waals surface area contributed by atoms with Crippen molar-refractivity contribution >= 4 is 27.5 Å². The fourth-order valence-corrected chi connectivity index (χ4v) is 3.05. The third-order valence-electron chi connectivity index (χ3n) is 2.78. The third kappa shape index (κ3) is 2.76. The van der Waals surface area contributed by atoms with Gasteiger partial charge in [0, 0.05) is 10.1 Å². The maximum atomic E-state index is 12.2. The van der Waals surface area contributed by atoms with Crippen molar-refractivity contribution in [3.63, 3.8) is 0 Å². The summed E-state index contributed by atoms with van der Waals surface area (Å²) in [6, 6.07) is 13.4. The van der Waals surface area contributed by atoms with E-state index in [0.717, 1.165) is 10.8 Å². The lowest BCUT2D eigenvalue weighted by Gasteiger charge is -2.09. The lowest BCUT2D eigenvalue weighted by molar-refractivity contribution is -0.136. The molecule has 18 heavy (non-hydrogen) atoms. The molecule has 0 aliphatic heterocycles. The van der Waals surface area contributed by atoms with Gasteiger partial charge in [-0.1, -0.05) is 30.3 Å². The minimum atomic E-state index is -1.29. The Morgan fingerprint density at radius 2 is 1.89 bits per heavy atom. The van der Waals surface area contributed by atoms with Crippen molar-refractivity contribution in [1.82, 2.24) is 0 Å². The van der Waals surface area contributed by atoms with Crippen molar-refractivity contribution in [3.05, 3.63) is 42.5 Å². The Bertz CT molecular complexity index is 607. The zero-order chi connectivity index (χ0) is 13.1. The number of carbonyl (C=O) groups is 1. The van der Waals surface area contributed by atoms with Gasteiger partial charge in [0.25, 0.3) is 0 Å². The summed E-state index contributed by atoms with van der Waals surface area (Å²) < 4.78 is 12.2. The number of carboxylic acids is 1. The smallest absolute Gasteiger partial charge is 0.304 e. The van der Waals surface area contributed by atoms with Crippen LogP contribution >= 0.6 is 0 Å². The van der Waals surface area contributed by atoms with Crippen molar-refractivity contribution in [3.8, 4) is 0 Å². The van der Waals surface area contributed by atoms with Crippen LogP contribution in [0.15, 0.2) is 47.4 Å². The molecular weight excluding hydrogens is 248 g/mol. The fourth-order valence-electron chi connectivity index (χ4n) is 1.85. The molecule has 2 aromatic rings. The van der Waals surface area contributed by atoms with Gasteiger partial charge in [-0.3, -0.25) is 9.00 Å². The van der Waals surface area contributed by atoms with E-state index in [1.54, 1.807) is 13.0 Å².